The number of rotatable bonds is 6. The van der Waals surface area contributed by atoms with Crippen molar-refractivity contribution in [3.63, 3.8) is 0 Å². The van der Waals surface area contributed by atoms with Crippen LogP contribution in [0.4, 0.5) is 0 Å². The number of pyridine rings is 1. The zero-order valence-electron chi connectivity index (χ0n) is 11.8. The van der Waals surface area contributed by atoms with E-state index in [4.69, 9.17) is 0 Å². The average Bonchev–Trinajstić information content (AvgIpc) is 3.26. The maximum Gasteiger partial charge on any atom is 0.248 e. The van der Waals surface area contributed by atoms with E-state index in [0.717, 1.165) is 35.6 Å². The van der Waals surface area contributed by atoms with Gasteiger partial charge in [0.05, 0.1) is 0 Å². The molecule has 0 saturated heterocycles. The number of H-pyrrole nitrogens is 1. The number of aromatic nitrogens is 1. The minimum atomic E-state index is -0.0377. The highest BCUT2D eigenvalue weighted by Gasteiger charge is 2.20. The summed E-state index contributed by atoms with van der Waals surface area (Å²) >= 11 is 0. The molecule has 1 saturated carbocycles. The molecule has 1 aromatic heterocycles. The summed E-state index contributed by atoms with van der Waals surface area (Å²) in [5.41, 5.74) is 1.92. The van der Waals surface area contributed by atoms with Gasteiger partial charge in [0, 0.05) is 42.1 Å². The summed E-state index contributed by atoms with van der Waals surface area (Å²) in [6.45, 7) is 3.87. The van der Waals surface area contributed by atoms with E-state index in [1.807, 2.05) is 18.2 Å². The van der Waals surface area contributed by atoms with Crippen molar-refractivity contribution in [2.75, 3.05) is 6.54 Å². The summed E-state index contributed by atoms with van der Waals surface area (Å²) in [5.74, 6) is 0. The van der Waals surface area contributed by atoms with E-state index in [1.165, 1.54) is 12.8 Å². The van der Waals surface area contributed by atoms with Crippen LogP contribution in [0.3, 0.4) is 0 Å². The third-order valence-corrected chi connectivity index (χ3v) is 3.77. The van der Waals surface area contributed by atoms with Gasteiger partial charge < -0.3 is 15.6 Å². The zero-order chi connectivity index (χ0) is 13.9. The van der Waals surface area contributed by atoms with Gasteiger partial charge in [-0.05, 0) is 31.4 Å². The van der Waals surface area contributed by atoms with E-state index in [0.29, 0.717) is 6.04 Å². The lowest BCUT2D eigenvalue weighted by atomic mass is 10.1. The van der Waals surface area contributed by atoms with Gasteiger partial charge in [-0.2, -0.15) is 0 Å². The molecule has 1 aliphatic carbocycles. The molecule has 1 aromatic carbocycles. The Kier molecular flexibility index (Phi) is 3.85. The number of fused-ring (bicyclic) bond motifs is 1. The van der Waals surface area contributed by atoms with Crippen molar-refractivity contribution < 1.29 is 0 Å². The number of para-hydroxylation sites is 1. The van der Waals surface area contributed by atoms with Crippen LogP contribution in [0.2, 0.25) is 0 Å². The summed E-state index contributed by atoms with van der Waals surface area (Å²) < 4.78 is 0. The molecule has 3 N–H and O–H groups in total. The van der Waals surface area contributed by atoms with Gasteiger partial charge in [-0.15, -0.1) is 0 Å². The van der Waals surface area contributed by atoms with Crippen molar-refractivity contribution in [2.45, 2.75) is 38.4 Å². The van der Waals surface area contributed by atoms with Crippen molar-refractivity contribution in [3.8, 4) is 0 Å². The number of aromatic amines is 1. The van der Waals surface area contributed by atoms with Gasteiger partial charge in [-0.3, -0.25) is 4.79 Å². The Balaban J connectivity index is 1.68. The fourth-order valence-corrected chi connectivity index (χ4v) is 2.41. The van der Waals surface area contributed by atoms with Crippen LogP contribution in [0.15, 0.2) is 35.1 Å². The minimum Gasteiger partial charge on any atom is -0.322 e. The Morgan fingerprint density at radius 2 is 2.15 bits per heavy atom. The highest BCUT2D eigenvalue weighted by molar-refractivity contribution is 5.81. The lowest BCUT2D eigenvalue weighted by Gasteiger charge is -2.15. The Labute approximate surface area is 118 Å². The second kappa shape index (κ2) is 5.77. The fraction of sp³-hybridized carbons (Fsp3) is 0.438. The van der Waals surface area contributed by atoms with Gasteiger partial charge in [-0.1, -0.05) is 18.2 Å². The molecule has 0 spiro atoms. The van der Waals surface area contributed by atoms with Gasteiger partial charge in [0.2, 0.25) is 5.56 Å². The van der Waals surface area contributed by atoms with E-state index >= 15 is 0 Å². The molecule has 0 amide bonds. The number of hydrogen-bond donors (Lipinski definition) is 3. The summed E-state index contributed by atoms with van der Waals surface area (Å²) in [6.07, 6.45) is 2.62. The Hall–Kier alpha value is -1.65. The predicted molar refractivity (Wildman–Crippen MR) is 81.9 cm³/mol. The number of nitrogens with one attached hydrogen (secondary N) is 3. The molecule has 1 heterocycles. The Bertz CT molecular complexity index is 645. The maximum absolute atomic E-state index is 11.7. The lowest BCUT2D eigenvalue weighted by molar-refractivity contribution is 0.500. The molecule has 1 unspecified atom stereocenters. The summed E-state index contributed by atoms with van der Waals surface area (Å²) in [6, 6.07) is 10.8. The van der Waals surface area contributed by atoms with E-state index in [2.05, 4.69) is 28.6 Å². The SMILES string of the molecule is CC(CNC1CC1)NCc1cc(=O)[nH]c2ccccc12. The maximum atomic E-state index is 11.7. The third kappa shape index (κ3) is 3.26. The molecule has 1 fully saturated rings. The lowest BCUT2D eigenvalue weighted by Crippen LogP contribution is -2.37. The molecular weight excluding hydrogens is 250 g/mol. The molecule has 106 valence electrons. The fourth-order valence-electron chi connectivity index (χ4n) is 2.41. The highest BCUT2D eigenvalue weighted by atomic mass is 16.1. The van der Waals surface area contributed by atoms with E-state index in [-0.39, 0.29) is 5.56 Å². The molecule has 0 bridgehead atoms. The third-order valence-electron chi connectivity index (χ3n) is 3.77. The van der Waals surface area contributed by atoms with Crippen molar-refractivity contribution >= 4 is 10.9 Å². The van der Waals surface area contributed by atoms with Crippen LogP contribution in [0.1, 0.15) is 25.3 Å². The zero-order valence-corrected chi connectivity index (χ0v) is 11.8. The molecule has 0 radical (unpaired) electrons. The van der Waals surface area contributed by atoms with Crippen LogP contribution in [-0.4, -0.2) is 23.6 Å². The molecule has 1 atom stereocenters. The molecule has 3 rings (SSSR count). The number of benzene rings is 1. The second-order valence-electron chi connectivity index (χ2n) is 5.67. The van der Waals surface area contributed by atoms with Crippen molar-refractivity contribution in [1.82, 2.24) is 15.6 Å². The van der Waals surface area contributed by atoms with Gasteiger partial charge >= 0.3 is 0 Å². The molecule has 4 nitrogen and oxygen atoms in total. The number of hydrogen-bond acceptors (Lipinski definition) is 3. The van der Waals surface area contributed by atoms with Crippen LogP contribution in [0.25, 0.3) is 10.9 Å². The predicted octanol–water partition coefficient (Wildman–Crippen LogP) is 1.76. The summed E-state index contributed by atoms with van der Waals surface area (Å²) in [5, 5.41) is 8.11. The second-order valence-corrected chi connectivity index (χ2v) is 5.67. The smallest absolute Gasteiger partial charge is 0.248 e. The van der Waals surface area contributed by atoms with E-state index in [9.17, 15) is 4.79 Å². The first-order valence-electron chi connectivity index (χ1n) is 7.30. The average molecular weight is 271 g/mol. The molecular formula is C16H21N3O. The quantitative estimate of drug-likeness (QED) is 0.750. The van der Waals surface area contributed by atoms with Crippen LogP contribution >= 0.6 is 0 Å². The van der Waals surface area contributed by atoms with Crippen LogP contribution < -0.4 is 16.2 Å². The molecule has 0 aliphatic heterocycles. The van der Waals surface area contributed by atoms with Gasteiger partial charge in [0.1, 0.15) is 0 Å². The molecule has 20 heavy (non-hydrogen) atoms. The highest BCUT2D eigenvalue weighted by Crippen LogP contribution is 2.18. The Morgan fingerprint density at radius 1 is 1.35 bits per heavy atom. The molecule has 4 heteroatoms. The first kappa shape index (κ1) is 13.3. The molecule has 2 aromatic rings. The van der Waals surface area contributed by atoms with Gasteiger partial charge in [0.15, 0.2) is 0 Å². The van der Waals surface area contributed by atoms with Crippen molar-refractivity contribution in [1.29, 1.82) is 0 Å². The van der Waals surface area contributed by atoms with Crippen LogP contribution in [0, 0.1) is 0 Å². The van der Waals surface area contributed by atoms with Crippen molar-refractivity contribution in [3.05, 3.63) is 46.2 Å². The van der Waals surface area contributed by atoms with Gasteiger partial charge in [0.25, 0.3) is 0 Å². The monoisotopic (exact) mass is 271 g/mol. The van der Waals surface area contributed by atoms with Gasteiger partial charge in [-0.25, -0.2) is 0 Å². The van der Waals surface area contributed by atoms with Crippen molar-refractivity contribution in [2.24, 2.45) is 0 Å². The molecule has 1 aliphatic rings. The summed E-state index contributed by atoms with van der Waals surface area (Å²) in [7, 11) is 0. The topological polar surface area (TPSA) is 56.9 Å². The first-order chi connectivity index (χ1) is 9.72. The largest absolute Gasteiger partial charge is 0.322 e. The standard InChI is InChI=1S/C16H21N3O/c1-11(9-18-13-6-7-13)17-10-12-8-16(20)19-15-5-3-2-4-14(12)15/h2-5,8,11,13,17-18H,6-7,9-10H2,1H3,(H,19,20). The van der Waals surface area contributed by atoms with E-state index in [1.54, 1.807) is 6.07 Å². The van der Waals surface area contributed by atoms with Crippen LogP contribution in [-0.2, 0) is 6.54 Å². The minimum absolute atomic E-state index is 0.0377. The summed E-state index contributed by atoms with van der Waals surface area (Å²) in [4.78, 5) is 14.5. The van der Waals surface area contributed by atoms with Crippen LogP contribution in [0.5, 0.6) is 0 Å². The normalized spacial score (nSPS) is 16.4. The Morgan fingerprint density at radius 3 is 2.95 bits per heavy atom. The van der Waals surface area contributed by atoms with E-state index < -0.39 is 0 Å². The first-order valence-corrected chi connectivity index (χ1v) is 7.30.